The molecule has 2 N–H and O–H groups in total. The van der Waals surface area contributed by atoms with Gasteiger partial charge in [0.1, 0.15) is 0 Å². The summed E-state index contributed by atoms with van der Waals surface area (Å²) < 4.78 is 0. The van der Waals surface area contributed by atoms with Gasteiger partial charge in [-0.05, 0) is 62.0 Å². The number of thioether (sulfide) groups is 1. The highest BCUT2D eigenvalue weighted by Gasteiger charge is 2.29. The van der Waals surface area contributed by atoms with E-state index in [1.165, 1.54) is 66.7 Å². The van der Waals surface area contributed by atoms with Gasteiger partial charge in [-0.2, -0.15) is 0 Å². The van der Waals surface area contributed by atoms with Crippen molar-refractivity contribution >= 4 is 23.7 Å². The van der Waals surface area contributed by atoms with E-state index < -0.39 is 0 Å². The van der Waals surface area contributed by atoms with Crippen LogP contribution in [-0.4, -0.2) is 18.5 Å². The molecule has 2 saturated carbocycles. The summed E-state index contributed by atoms with van der Waals surface area (Å²) in [7, 11) is 0. The smallest absolute Gasteiger partial charge is 0.0445 e. The monoisotopic (exact) mass is 302 g/mol. The van der Waals surface area contributed by atoms with E-state index in [1.807, 2.05) is 11.8 Å². The summed E-state index contributed by atoms with van der Waals surface area (Å²) >= 11 is 1.81. The summed E-state index contributed by atoms with van der Waals surface area (Å²) in [6.07, 6.45) is 13.0. The van der Waals surface area contributed by atoms with Crippen molar-refractivity contribution in [1.29, 1.82) is 5.41 Å². The van der Waals surface area contributed by atoms with Gasteiger partial charge in [0.2, 0.25) is 0 Å². The second-order valence-corrected chi connectivity index (χ2v) is 7.32. The maximum Gasteiger partial charge on any atom is 0.0445 e. The molecular formula is C18H26N2S. The molecule has 0 spiro atoms. The fraction of sp³-hybridized carbons (Fsp3) is 0.611. The molecule has 0 aromatic heterocycles. The number of anilines is 1. The van der Waals surface area contributed by atoms with Gasteiger partial charge in [0.25, 0.3) is 0 Å². The summed E-state index contributed by atoms with van der Waals surface area (Å²) in [5.74, 6) is 0.745. The molecule has 0 heterocycles. The van der Waals surface area contributed by atoms with Crippen LogP contribution in [0.5, 0.6) is 0 Å². The van der Waals surface area contributed by atoms with E-state index >= 15 is 0 Å². The Balaban J connectivity index is 1.95. The summed E-state index contributed by atoms with van der Waals surface area (Å²) in [5, 5.41) is 11.6. The van der Waals surface area contributed by atoms with Crippen molar-refractivity contribution < 1.29 is 0 Å². The zero-order chi connectivity index (χ0) is 14.8. The van der Waals surface area contributed by atoms with Crippen LogP contribution in [0.1, 0.15) is 67.6 Å². The van der Waals surface area contributed by atoms with Gasteiger partial charge >= 0.3 is 0 Å². The van der Waals surface area contributed by atoms with Gasteiger partial charge < -0.3 is 10.7 Å². The predicted octanol–water partition coefficient (Wildman–Crippen LogP) is 5.34. The molecule has 2 fully saturated rings. The molecule has 2 aliphatic carbocycles. The first-order chi connectivity index (χ1) is 10.2. The number of hydrogen-bond acceptors (Lipinski definition) is 3. The maximum absolute atomic E-state index is 7.90. The Bertz CT molecular complexity index is 529. The van der Waals surface area contributed by atoms with Crippen LogP contribution in [0.15, 0.2) is 11.0 Å². The minimum atomic E-state index is 0.596. The van der Waals surface area contributed by atoms with Crippen LogP contribution in [0, 0.1) is 12.3 Å². The van der Waals surface area contributed by atoms with E-state index in [-0.39, 0.29) is 0 Å². The average molecular weight is 302 g/mol. The van der Waals surface area contributed by atoms with E-state index in [0.29, 0.717) is 6.04 Å². The van der Waals surface area contributed by atoms with Crippen LogP contribution in [0.2, 0.25) is 0 Å². The zero-order valence-corrected chi connectivity index (χ0v) is 14.0. The molecule has 0 aliphatic heterocycles. The minimum absolute atomic E-state index is 0.596. The van der Waals surface area contributed by atoms with Crippen LogP contribution in [0.25, 0.3) is 0 Å². The first-order valence-corrected chi connectivity index (χ1v) is 9.45. The second-order valence-electron chi connectivity index (χ2n) is 6.50. The molecule has 0 unspecified atom stereocenters. The first kappa shape index (κ1) is 15.0. The lowest BCUT2D eigenvalue weighted by atomic mass is 9.94. The summed E-state index contributed by atoms with van der Waals surface area (Å²) in [5.41, 5.74) is 5.21. The molecule has 2 nitrogen and oxygen atoms in total. The van der Waals surface area contributed by atoms with Crippen LogP contribution < -0.4 is 5.32 Å². The number of hydrogen-bond donors (Lipinski definition) is 2. The molecule has 0 bridgehead atoms. The zero-order valence-electron chi connectivity index (χ0n) is 13.2. The van der Waals surface area contributed by atoms with Gasteiger partial charge in [-0.1, -0.05) is 19.3 Å². The van der Waals surface area contributed by atoms with Crippen molar-refractivity contribution in [3.8, 4) is 0 Å². The number of benzene rings is 1. The summed E-state index contributed by atoms with van der Waals surface area (Å²) in [6, 6.07) is 2.89. The maximum atomic E-state index is 7.90. The molecule has 0 radical (unpaired) electrons. The Morgan fingerprint density at radius 3 is 2.48 bits per heavy atom. The van der Waals surface area contributed by atoms with E-state index in [0.717, 1.165) is 11.5 Å². The molecule has 2 aliphatic rings. The lowest BCUT2D eigenvalue weighted by molar-refractivity contribution is 0.462. The minimum Gasteiger partial charge on any atom is -0.382 e. The highest BCUT2D eigenvalue weighted by molar-refractivity contribution is 7.98. The van der Waals surface area contributed by atoms with Gasteiger partial charge in [-0.25, -0.2) is 0 Å². The molecule has 114 valence electrons. The Kier molecular flexibility index (Phi) is 4.58. The standard InChI is InChI=1S/C18H26N2S/c1-12-10-16(20-14-6-4-3-5-7-14)15(11-19)18(21-2)17(12)13-8-9-13/h10-11,13-14,19-20H,3-9H2,1-2H3. The summed E-state index contributed by atoms with van der Waals surface area (Å²) in [6.45, 7) is 2.24. The van der Waals surface area contributed by atoms with Gasteiger partial charge in [-0.3, -0.25) is 0 Å². The van der Waals surface area contributed by atoms with Crippen LogP contribution in [0.4, 0.5) is 5.69 Å². The Morgan fingerprint density at radius 1 is 1.19 bits per heavy atom. The van der Waals surface area contributed by atoms with Gasteiger partial charge in [-0.15, -0.1) is 11.8 Å². The topological polar surface area (TPSA) is 35.9 Å². The molecule has 21 heavy (non-hydrogen) atoms. The third-order valence-corrected chi connectivity index (χ3v) is 5.71. The lowest BCUT2D eigenvalue weighted by Gasteiger charge is -2.26. The molecule has 3 heteroatoms. The number of nitrogens with one attached hydrogen (secondary N) is 2. The van der Waals surface area contributed by atoms with Crippen molar-refractivity contribution in [2.75, 3.05) is 11.6 Å². The normalized spacial score (nSPS) is 19.5. The molecular weight excluding hydrogens is 276 g/mol. The van der Waals surface area contributed by atoms with Crippen LogP contribution >= 0.6 is 11.8 Å². The summed E-state index contributed by atoms with van der Waals surface area (Å²) in [4.78, 5) is 1.34. The van der Waals surface area contributed by atoms with Crippen molar-refractivity contribution in [1.82, 2.24) is 0 Å². The predicted molar refractivity (Wildman–Crippen MR) is 93.3 cm³/mol. The van der Waals surface area contributed by atoms with E-state index in [1.54, 1.807) is 6.21 Å². The van der Waals surface area contributed by atoms with Crippen molar-refractivity contribution in [2.24, 2.45) is 0 Å². The first-order valence-electron chi connectivity index (χ1n) is 8.23. The van der Waals surface area contributed by atoms with Crippen LogP contribution in [0.3, 0.4) is 0 Å². The fourth-order valence-corrected chi connectivity index (χ4v) is 4.58. The largest absolute Gasteiger partial charge is 0.382 e. The SMILES string of the molecule is CSc1c(C=N)c(NC2CCCCC2)cc(C)c1C1CC1. The van der Waals surface area contributed by atoms with E-state index in [9.17, 15) is 0 Å². The second kappa shape index (κ2) is 6.43. The molecule has 1 aromatic rings. The molecule has 0 atom stereocenters. The van der Waals surface area contributed by atoms with Gasteiger partial charge in [0, 0.05) is 28.4 Å². The molecule has 3 rings (SSSR count). The molecule has 0 saturated heterocycles. The van der Waals surface area contributed by atoms with Gasteiger partial charge in [0.05, 0.1) is 0 Å². The third kappa shape index (κ3) is 3.13. The van der Waals surface area contributed by atoms with Crippen molar-refractivity contribution in [3.63, 3.8) is 0 Å². The van der Waals surface area contributed by atoms with Crippen LogP contribution in [-0.2, 0) is 0 Å². The van der Waals surface area contributed by atoms with Crippen molar-refractivity contribution in [2.45, 2.75) is 68.7 Å². The number of aryl methyl sites for hydroxylation is 1. The Morgan fingerprint density at radius 2 is 1.90 bits per heavy atom. The molecule has 1 aromatic carbocycles. The molecule has 0 amide bonds. The van der Waals surface area contributed by atoms with E-state index in [4.69, 9.17) is 5.41 Å². The quantitative estimate of drug-likeness (QED) is 0.569. The number of rotatable bonds is 5. The van der Waals surface area contributed by atoms with E-state index in [2.05, 4.69) is 24.6 Å². The Hall–Kier alpha value is -0.960. The highest BCUT2D eigenvalue weighted by atomic mass is 32.2. The van der Waals surface area contributed by atoms with Crippen molar-refractivity contribution in [3.05, 3.63) is 22.8 Å². The Labute approximate surface area is 132 Å². The lowest BCUT2D eigenvalue weighted by Crippen LogP contribution is -2.23. The third-order valence-electron chi connectivity index (χ3n) is 4.86. The fourth-order valence-electron chi connectivity index (χ4n) is 3.65. The average Bonchev–Trinajstić information content (AvgIpc) is 3.32. The highest BCUT2D eigenvalue weighted by Crippen LogP contribution is 2.47. The van der Waals surface area contributed by atoms with Gasteiger partial charge in [0.15, 0.2) is 0 Å².